The van der Waals surface area contributed by atoms with E-state index in [9.17, 15) is 9.90 Å². The van der Waals surface area contributed by atoms with E-state index in [1.807, 2.05) is 17.0 Å². The molecule has 2 atom stereocenters. The molecule has 2 rings (SSSR count). The van der Waals surface area contributed by atoms with Gasteiger partial charge in [0.25, 0.3) is 0 Å². The highest BCUT2D eigenvalue weighted by Crippen LogP contribution is 2.16. The number of carbonyl (C=O) groups excluding carboxylic acids is 1. The molecule has 4 nitrogen and oxygen atoms in total. The van der Waals surface area contributed by atoms with Gasteiger partial charge < -0.3 is 15.3 Å². The zero-order chi connectivity index (χ0) is 15.4. The molecule has 1 saturated heterocycles. The molecule has 0 radical (unpaired) electrons. The smallest absolute Gasteiger partial charge is 0.240 e. The van der Waals surface area contributed by atoms with Crippen LogP contribution in [0.2, 0.25) is 0 Å². The third kappa shape index (κ3) is 4.21. The number of benzene rings is 1. The second kappa shape index (κ2) is 6.94. The molecule has 2 N–H and O–H groups in total. The van der Waals surface area contributed by atoms with Gasteiger partial charge in [0.15, 0.2) is 0 Å². The fraction of sp³-hybridized carbons (Fsp3) is 0.588. The number of hydrogen-bond acceptors (Lipinski definition) is 3. The van der Waals surface area contributed by atoms with E-state index >= 15 is 0 Å². The summed E-state index contributed by atoms with van der Waals surface area (Å²) < 4.78 is 0. The zero-order valence-corrected chi connectivity index (χ0v) is 13.2. The number of rotatable bonds is 6. The number of amides is 1. The molecule has 1 heterocycles. The predicted octanol–water partition coefficient (Wildman–Crippen LogP) is 2.31. The topological polar surface area (TPSA) is 52.6 Å². The molecule has 0 aliphatic carbocycles. The minimum absolute atomic E-state index is 0.0257. The van der Waals surface area contributed by atoms with Gasteiger partial charge >= 0.3 is 0 Å². The Balaban J connectivity index is 1.78. The van der Waals surface area contributed by atoms with E-state index in [0.29, 0.717) is 11.8 Å². The third-order valence-electron chi connectivity index (χ3n) is 4.15. The fourth-order valence-corrected chi connectivity index (χ4v) is 2.84. The number of hydrogen-bond donors (Lipinski definition) is 2. The van der Waals surface area contributed by atoms with Crippen LogP contribution in [0.3, 0.4) is 0 Å². The van der Waals surface area contributed by atoms with Crippen molar-refractivity contribution in [3.8, 4) is 5.75 Å². The number of nitrogens with one attached hydrogen (secondary N) is 1. The molecule has 1 aliphatic heterocycles. The molecule has 1 aliphatic rings. The molecule has 4 heteroatoms. The lowest BCUT2D eigenvalue weighted by Gasteiger charge is -2.22. The van der Waals surface area contributed by atoms with Gasteiger partial charge in [0.1, 0.15) is 5.75 Å². The standard InChI is InChI=1S/C17H26N2O2/c1-12(2)19-11-10-16(17(19)21)18-13(3)4-5-14-6-8-15(20)9-7-14/h6-9,12-13,16,18,20H,4-5,10-11H2,1-3H3. The van der Waals surface area contributed by atoms with Crippen molar-refractivity contribution in [2.75, 3.05) is 6.54 Å². The van der Waals surface area contributed by atoms with E-state index in [-0.39, 0.29) is 18.0 Å². The van der Waals surface area contributed by atoms with Crippen LogP contribution >= 0.6 is 0 Å². The van der Waals surface area contributed by atoms with Crippen molar-refractivity contribution in [2.45, 2.75) is 58.2 Å². The summed E-state index contributed by atoms with van der Waals surface area (Å²) in [6.45, 7) is 7.12. The lowest BCUT2D eigenvalue weighted by atomic mass is 10.1. The molecule has 116 valence electrons. The van der Waals surface area contributed by atoms with Crippen molar-refractivity contribution in [1.82, 2.24) is 10.2 Å². The molecule has 2 unspecified atom stereocenters. The first-order valence-electron chi connectivity index (χ1n) is 7.82. The highest BCUT2D eigenvalue weighted by atomic mass is 16.3. The van der Waals surface area contributed by atoms with Crippen LogP contribution in [-0.4, -0.2) is 40.6 Å². The Bertz CT molecular complexity index is 470. The number of likely N-dealkylation sites (tertiary alicyclic amines) is 1. The zero-order valence-electron chi connectivity index (χ0n) is 13.2. The largest absolute Gasteiger partial charge is 0.508 e. The van der Waals surface area contributed by atoms with E-state index in [2.05, 4.69) is 26.1 Å². The summed E-state index contributed by atoms with van der Waals surface area (Å²) in [4.78, 5) is 14.2. The van der Waals surface area contributed by atoms with Gasteiger partial charge in [0.05, 0.1) is 6.04 Å². The van der Waals surface area contributed by atoms with Crippen molar-refractivity contribution in [3.63, 3.8) is 0 Å². The highest BCUT2D eigenvalue weighted by molar-refractivity contribution is 5.84. The number of nitrogens with zero attached hydrogens (tertiary/aromatic N) is 1. The first kappa shape index (κ1) is 15.8. The lowest BCUT2D eigenvalue weighted by molar-refractivity contribution is -0.130. The maximum Gasteiger partial charge on any atom is 0.240 e. The van der Waals surface area contributed by atoms with Crippen LogP contribution in [0.15, 0.2) is 24.3 Å². The van der Waals surface area contributed by atoms with Crippen molar-refractivity contribution < 1.29 is 9.90 Å². The second-order valence-corrected chi connectivity index (χ2v) is 6.24. The van der Waals surface area contributed by atoms with Gasteiger partial charge in [-0.2, -0.15) is 0 Å². The van der Waals surface area contributed by atoms with Gasteiger partial charge in [0.2, 0.25) is 5.91 Å². The van der Waals surface area contributed by atoms with E-state index in [0.717, 1.165) is 25.8 Å². The van der Waals surface area contributed by atoms with Gasteiger partial charge in [-0.3, -0.25) is 4.79 Å². The van der Waals surface area contributed by atoms with Crippen molar-refractivity contribution in [1.29, 1.82) is 0 Å². The number of aryl methyl sites for hydroxylation is 1. The minimum atomic E-state index is -0.0257. The van der Waals surface area contributed by atoms with Crippen molar-refractivity contribution in [2.24, 2.45) is 0 Å². The Hall–Kier alpha value is -1.55. The Morgan fingerprint density at radius 3 is 2.52 bits per heavy atom. The molecule has 21 heavy (non-hydrogen) atoms. The van der Waals surface area contributed by atoms with Gasteiger partial charge in [-0.05, 0) is 57.7 Å². The Morgan fingerprint density at radius 1 is 1.29 bits per heavy atom. The predicted molar refractivity (Wildman–Crippen MR) is 84.3 cm³/mol. The Labute approximate surface area is 127 Å². The van der Waals surface area contributed by atoms with Crippen molar-refractivity contribution >= 4 is 5.91 Å². The number of carbonyl (C=O) groups is 1. The highest BCUT2D eigenvalue weighted by Gasteiger charge is 2.33. The number of phenols is 1. The van der Waals surface area contributed by atoms with E-state index in [1.165, 1.54) is 5.56 Å². The maximum atomic E-state index is 12.2. The fourth-order valence-electron chi connectivity index (χ4n) is 2.84. The summed E-state index contributed by atoms with van der Waals surface area (Å²) in [6.07, 6.45) is 2.83. The molecule has 1 amide bonds. The van der Waals surface area contributed by atoms with Gasteiger partial charge in [-0.15, -0.1) is 0 Å². The molecule has 0 saturated carbocycles. The average Bonchev–Trinajstić information content (AvgIpc) is 2.80. The van der Waals surface area contributed by atoms with E-state index in [1.54, 1.807) is 12.1 Å². The maximum absolute atomic E-state index is 12.2. The summed E-state index contributed by atoms with van der Waals surface area (Å²) >= 11 is 0. The SMILES string of the molecule is CC(CCc1ccc(O)cc1)NC1CCN(C(C)C)C1=O. The average molecular weight is 290 g/mol. The van der Waals surface area contributed by atoms with Crippen LogP contribution in [0.4, 0.5) is 0 Å². The quantitative estimate of drug-likeness (QED) is 0.845. The molecular formula is C17H26N2O2. The molecular weight excluding hydrogens is 264 g/mol. The molecule has 0 spiro atoms. The van der Waals surface area contributed by atoms with Gasteiger partial charge in [-0.25, -0.2) is 0 Å². The summed E-state index contributed by atoms with van der Waals surface area (Å²) in [5.74, 6) is 0.539. The lowest BCUT2D eigenvalue weighted by Crippen LogP contribution is -2.44. The first-order valence-corrected chi connectivity index (χ1v) is 7.82. The molecule has 1 aromatic carbocycles. The van der Waals surface area contributed by atoms with Gasteiger partial charge in [-0.1, -0.05) is 12.1 Å². The van der Waals surface area contributed by atoms with E-state index in [4.69, 9.17) is 0 Å². The number of phenolic OH excluding ortho intramolecular Hbond substituents is 1. The minimum Gasteiger partial charge on any atom is -0.508 e. The monoisotopic (exact) mass is 290 g/mol. The molecule has 0 aromatic heterocycles. The van der Waals surface area contributed by atoms with Crippen LogP contribution in [-0.2, 0) is 11.2 Å². The second-order valence-electron chi connectivity index (χ2n) is 6.24. The normalized spacial score (nSPS) is 20.3. The Kier molecular flexibility index (Phi) is 5.23. The Morgan fingerprint density at radius 2 is 1.95 bits per heavy atom. The van der Waals surface area contributed by atoms with E-state index < -0.39 is 0 Å². The van der Waals surface area contributed by atoms with Crippen LogP contribution in [0.25, 0.3) is 0 Å². The molecule has 1 fully saturated rings. The summed E-state index contributed by atoms with van der Waals surface area (Å²) in [5, 5.41) is 12.7. The summed E-state index contributed by atoms with van der Waals surface area (Å²) in [7, 11) is 0. The summed E-state index contributed by atoms with van der Waals surface area (Å²) in [5.41, 5.74) is 1.21. The number of aromatic hydroxyl groups is 1. The van der Waals surface area contributed by atoms with Crippen LogP contribution < -0.4 is 5.32 Å². The van der Waals surface area contributed by atoms with Crippen LogP contribution in [0, 0.1) is 0 Å². The summed E-state index contributed by atoms with van der Waals surface area (Å²) in [6, 6.07) is 7.90. The first-order chi connectivity index (χ1) is 9.97. The molecule has 1 aromatic rings. The van der Waals surface area contributed by atoms with Crippen LogP contribution in [0.5, 0.6) is 5.75 Å². The third-order valence-corrected chi connectivity index (χ3v) is 4.15. The molecule has 0 bridgehead atoms. The van der Waals surface area contributed by atoms with Crippen LogP contribution in [0.1, 0.15) is 39.2 Å². The van der Waals surface area contributed by atoms with Gasteiger partial charge in [0, 0.05) is 18.6 Å². The van der Waals surface area contributed by atoms with Crippen molar-refractivity contribution in [3.05, 3.63) is 29.8 Å².